The van der Waals surface area contributed by atoms with Crippen LogP contribution in [0.1, 0.15) is 28.1 Å². The van der Waals surface area contributed by atoms with Gasteiger partial charge in [0.15, 0.2) is 0 Å². The third-order valence-electron chi connectivity index (χ3n) is 5.80. The number of methoxy groups -OCH3 is 1. The average molecular weight is 452 g/mol. The minimum Gasteiger partial charge on any atom is -0.489 e. The first-order valence-electron chi connectivity index (χ1n) is 11.2. The van der Waals surface area contributed by atoms with Crippen LogP contribution in [-0.2, 0) is 19.4 Å². The topological polar surface area (TPSA) is 80.0 Å². The molecule has 0 amide bonds. The SMILES string of the molecule is COc1nc(Cc2ccc(OCc3ccccc3)cc2)c(=O)[nH]c1Cc1c[nH]c2ccccc12. The largest absolute Gasteiger partial charge is 0.489 e. The molecule has 5 aromatic rings. The monoisotopic (exact) mass is 451 g/mol. The molecule has 2 aromatic heterocycles. The zero-order valence-corrected chi connectivity index (χ0v) is 18.9. The van der Waals surface area contributed by atoms with Crippen LogP contribution in [0.4, 0.5) is 0 Å². The second-order valence-electron chi connectivity index (χ2n) is 8.13. The molecule has 0 aliphatic heterocycles. The van der Waals surface area contributed by atoms with Gasteiger partial charge in [-0.25, -0.2) is 4.98 Å². The van der Waals surface area contributed by atoms with Crippen molar-refractivity contribution in [2.45, 2.75) is 19.4 Å². The van der Waals surface area contributed by atoms with E-state index in [0.717, 1.165) is 33.3 Å². The van der Waals surface area contributed by atoms with E-state index in [-0.39, 0.29) is 5.56 Å². The van der Waals surface area contributed by atoms with Crippen LogP contribution in [0.2, 0.25) is 0 Å². The van der Waals surface area contributed by atoms with Crippen LogP contribution in [0.25, 0.3) is 10.9 Å². The Morgan fingerprint density at radius 3 is 2.41 bits per heavy atom. The molecule has 34 heavy (non-hydrogen) atoms. The van der Waals surface area contributed by atoms with Gasteiger partial charge in [-0.05, 0) is 34.9 Å². The van der Waals surface area contributed by atoms with Gasteiger partial charge in [0.2, 0.25) is 5.88 Å². The molecule has 3 aromatic carbocycles. The van der Waals surface area contributed by atoms with Crippen LogP contribution in [-0.4, -0.2) is 22.1 Å². The first-order chi connectivity index (χ1) is 16.7. The highest BCUT2D eigenvalue weighted by atomic mass is 16.5. The number of ether oxygens (including phenoxy) is 2. The number of aromatic nitrogens is 3. The number of benzene rings is 3. The third-order valence-corrected chi connectivity index (χ3v) is 5.80. The quantitative estimate of drug-likeness (QED) is 0.347. The van der Waals surface area contributed by atoms with Gasteiger partial charge in [0.05, 0.1) is 12.8 Å². The second kappa shape index (κ2) is 9.67. The van der Waals surface area contributed by atoms with Crippen molar-refractivity contribution in [1.29, 1.82) is 0 Å². The standard InChI is InChI=1S/C28H25N3O3/c1-33-28-26(16-21-17-29-24-10-6-5-9-23(21)24)30-27(32)25(31-28)15-19-11-13-22(14-12-19)34-18-20-7-3-2-4-8-20/h2-14,17,29H,15-16,18H2,1H3,(H,30,32). The van der Waals surface area contributed by atoms with E-state index in [4.69, 9.17) is 9.47 Å². The lowest BCUT2D eigenvalue weighted by Gasteiger charge is -2.10. The molecule has 0 spiro atoms. The molecule has 170 valence electrons. The molecule has 5 rings (SSSR count). The molecule has 0 atom stereocenters. The van der Waals surface area contributed by atoms with Gasteiger partial charge in [-0.3, -0.25) is 4.79 Å². The van der Waals surface area contributed by atoms with Crippen LogP contribution in [0.3, 0.4) is 0 Å². The molecule has 6 heteroatoms. The molecule has 0 saturated heterocycles. The van der Waals surface area contributed by atoms with Gasteiger partial charge < -0.3 is 19.4 Å². The van der Waals surface area contributed by atoms with Gasteiger partial charge >= 0.3 is 0 Å². The number of nitrogens with zero attached hydrogens (tertiary/aromatic N) is 1. The number of rotatable bonds is 8. The van der Waals surface area contributed by atoms with E-state index in [1.807, 2.05) is 79.0 Å². The summed E-state index contributed by atoms with van der Waals surface area (Å²) in [5.74, 6) is 1.21. The maximum absolute atomic E-state index is 12.8. The molecule has 6 nitrogen and oxygen atoms in total. The Labute approximate surface area is 197 Å². The number of fused-ring (bicyclic) bond motifs is 1. The number of para-hydroxylation sites is 1. The van der Waals surface area contributed by atoms with E-state index in [1.54, 1.807) is 7.11 Å². The Kier molecular flexibility index (Phi) is 6.12. The van der Waals surface area contributed by atoms with Crippen molar-refractivity contribution in [3.63, 3.8) is 0 Å². The van der Waals surface area contributed by atoms with Crippen molar-refractivity contribution in [2.75, 3.05) is 7.11 Å². The molecule has 0 aliphatic rings. The minimum absolute atomic E-state index is 0.208. The maximum atomic E-state index is 12.8. The predicted octanol–water partition coefficient (Wildman–Crippen LogP) is 5.02. The first-order valence-corrected chi connectivity index (χ1v) is 11.2. The molecular weight excluding hydrogens is 426 g/mol. The summed E-state index contributed by atoms with van der Waals surface area (Å²) < 4.78 is 11.4. The third kappa shape index (κ3) is 4.71. The Morgan fingerprint density at radius 2 is 1.62 bits per heavy atom. The summed E-state index contributed by atoms with van der Waals surface area (Å²) in [7, 11) is 1.57. The maximum Gasteiger partial charge on any atom is 0.270 e. The summed E-state index contributed by atoms with van der Waals surface area (Å²) in [5, 5.41) is 1.11. The lowest BCUT2D eigenvalue weighted by atomic mass is 10.1. The highest BCUT2D eigenvalue weighted by Gasteiger charge is 2.14. The fraction of sp³-hybridized carbons (Fsp3) is 0.143. The summed E-state index contributed by atoms with van der Waals surface area (Å²) in [6.07, 6.45) is 2.87. The van der Waals surface area contributed by atoms with Crippen LogP contribution in [0, 0.1) is 0 Å². The zero-order valence-electron chi connectivity index (χ0n) is 18.9. The van der Waals surface area contributed by atoms with Gasteiger partial charge in [-0.15, -0.1) is 0 Å². The number of H-pyrrole nitrogens is 2. The van der Waals surface area contributed by atoms with E-state index >= 15 is 0 Å². The van der Waals surface area contributed by atoms with Crippen molar-refractivity contribution < 1.29 is 9.47 Å². The van der Waals surface area contributed by atoms with Crippen molar-refractivity contribution in [2.24, 2.45) is 0 Å². The smallest absolute Gasteiger partial charge is 0.270 e. The summed E-state index contributed by atoms with van der Waals surface area (Å²) in [6.45, 7) is 0.510. The van der Waals surface area contributed by atoms with Crippen molar-refractivity contribution in [3.05, 3.63) is 123 Å². The minimum atomic E-state index is -0.208. The van der Waals surface area contributed by atoms with E-state index in [9.17, 15) is 4.79 Å². The zero-order chi connectivity index (χ0) is 23.3. The van der Waals surface area contributed by atoms with Crippen LogP contribution >= 0.6 is 0 Å². The molecule has 2 N–H and O–H groups in total. The van der Waals surface area contributed by atoms with Crippen LogP contribution in [0.15, 0.2) is 89.9 Å². The van der Waals surface area contributed by atoms with Gasteiger partial charge in [-0.2, -0.15) is 0 Å². The van der Waals surface area contributed by atoms with Crippen molar-refractivity contribution >= 4 is 10.9 Å². The fourth-order valence-corrected chi connectivity index (χ4v) is 4.02. The normalized spacial score (nSPS) is 11.0. The van der Waals surface area contributed by atoms with Gasteiger partial charge in [0.25, 0.3) is 5.56 Å². The molecule has 0 bridgehead atoms. The summed E-state index contributed by atoms with van der Waals surface area (Å²) in [4.78, 5) is 23.6. The molecule has 0 aliphatic carbocycles. The molecule has 0 radical (unpaired) electrons. The van der Waals surface area contributed by atoms with E-state index < -0.39 is 0 Å². The molecular formula is C28H25N3O3. The number of aromatic amines is 2. The Morgan fingerprint density at radius 1 is 0.853 bits per heavy atom. The van der Waals surface area contributed by atoms with Gasteiger partial charge in [-0.1, -0.05) is 60.7 Å². The highest BCUT2D eigenvalue weighted by molar-refractivity contribution is 5.83. The highest BCUT2D eigenvalue weighted by Crippen LogP contribution is 2.23. The Balaban J connectivity index is 1.31. The molecule has 0 fully saturated rings. The summed E-state index contributed by atoms with van der Waals surface area (Å²) >= 11 is 0. The van der Waals surface area contributed by atoms with E-state index in [2.05, 4.69) is 21.0 Å². The fourth-order valence-electron chi connectivity index (χ4n) is 4.02. The molecule has 0 saturated carbocycles. The molecule has 2 heterocycles. The lowest BCUT2D eigenvalue weighted by Crippen LogP contribution is -2.19. The predicted molar refractivity (Wildman–Crippen MR) is 133 cm³/mol. The van der Waals surface area contributed by atoms with Crippen LogP contribution in [0.5, 0.6) is 11.6 Å². The lowest BCUT2D eigenvalue weighted by molar-refractivity contribution is 0.306. The average Bonchev–Trinajstić information content (AvgIpc) is 3.28. The summed E-state index contributed by atoms with van der Waals surface area (Å²) in [5.41, 5.74) is 5.08. The van der Waals surface area contributed by atoms with Crippen LogP contribution < -0.4 is 15.0 Å². The van der Waals surface area contributed by atoms with Crippen molar-refractivity contribution in [1.82, 2.24) is 15.0 Å². The van der Waals surface area contributed by atoms with Gasteiger partial charge in [0, 0.05) is 29.9 Å². The second-order valence-corrected chi connectivity index (χ2v) is 8.13. The summed E-state index contributed by atoms with van der Waals surface area (Å²) in [6, 6.07) is 25.8. The van der Waals surface area contributed by atoms with Gasteiger partial charge in [0.1, 0.15) is 18.1 Å². The molecule has 0 unspecified atom stereocenters. The Bertz CT molecular complexity index is 1450. The number of nitrogens with one attached hydrogen (secondary N) is 2. The number of hydrogen-bond acceptors (Lipinski definition) is 4. The number of hydrogen-bond donors (Lipinski definition) is 2. The van der Waals surface area contributed by atoms with Crippen molar-refractivity contribution in [3.8, 4) is 11.6 Å². The van der Waals surface area contributed by atoms with E-state index in [0.29, 0.717) is 36.7 Å². The van der Waals surface area contributed by atoms with E-state index in [1.165, 1.54) is 0 Å². The Hall–Kier alpha value is -4.32. The first kappa shape index (κ1) is 21.5.